The van der Waals surface area contributed by atoms with Crippen molar-refractivity contribution in [3.8, 4) is 0 Å². The summed E-state index contributed by atoms with van der Waals surface area (Å²) in [6.07, 6.45) is 9.04. The molecule has 82 valence electrons. The van der Waals surface area contributed by atoms with E-state index in [0.29, 0.717) is 6.04 Å². The standard InChI is InChI=1S/C13H20N2/c1-3-9-15-13(4-2)6-5-12-7-10-14-11-8-12/h4,7-8,10-11,13,15H,2-3,5-6,9H2,1H3. The van der Waals surface area contributed by atoms with Crippen LogP contribution < -0.4 is 5.32 Å². The number of nitrogens with one attached hydrogen (secondary N) is 1. The number of aromatic nitrogens is 1. The van der Waals surface area contributed by atoms with Crippen molar-refractivity contribution in [2.45, 2.75) is 32.2 Å². The molecule has 2 heteroatoms. The van der Waals surface area contributed by atoms with Gasteiger partial charge in [0, 0.05) is 18.4 Å². The first kappa shape index (κ1) is 11.9. The van der Waals surface area contributed by atoms with Crippen LogP contribution in [0, 0.1) is 0 Å². The molecule has 0 amide bonds. The van der Waals surface area contributed by atoms with Crippen molar-refractivity contribution < 1.29 is 0 Å². The zero-order valence-corrected chi connectivity index (χ0v) is 9.45. The average Bonchev–Trinajstić information content (AvgIpc) is 2.31. The molecular formula is C13H20N2. The molecule has 0 aliphatic heterocycles. The number of hydrogen-bond acceptors (Lipinski definition) is 2. The maximum Gasteiger partial charge on any atom is 0.0270 e. The lowest BCUT2D eigenvalue weighted by Gasteiger charge is -2.13. The second kappa shape index (κ2) is 7.18. The third-order valence-electron chi connectivity index (χ3n) is 2.43. The van der Waals surface area contributed by atoms with Crippen molar-refractivity contribution in [1.29, 1.82) is 0 Å². The van der Waals surface area contributed by atoms with E-state index in [1.807, 2.05) is 18.5 Å². The molecule has 1 aromatic heterocycles. The van der Waals surface area contributed by atoms with Crippen LogP contribution in [0.5, 0.6) is 0 Å². The van der Waals surface area contributed by atoms with E-state index < -0.39 is 0 Å². The average molecular weight is 204 g/mol. The predicted octanol–water partition coefficient (Wildman–Crippen LogP) is 2.57. The van der Waals surface area contributed by atoms with Gasteiger partial charge in [0.1, 0.15) is 0 Å². The lowest BCUT2D eigenvalue weighted by Crippen LogP contribution is -2.28. The van der Waals surface area contributed by atoms with Gasteiger partial charge < -0.3 is 5.32 Å². The van der Waals surface area contributed by atoms with Crippen molar-refractivity contribution in [2.24, 2.45) is 0 Å². The van der Waals surface area contributed by atoms with Gasteiger partial charge in [-0.05, 0) is 43.5 Å². The molecule has 0 saturated heterocycles. The Kier molecular flexibility index (Phi) is 5.71. The Bertz CT molecular complexity index is 269. The highest BCUT2D eigenvalue weighted by atomic mass is 14.9. The zero-order valence-electron chi connectivity index (χ0n) is 9.45. The fourth-order valence-electron chi connectivity index (χ4n) is 1.50. The topological polar surface area (TPSA) is 24.9 Å². The smallest absolute Gasteiger partial charge is 0.0270 e. The Labute approximate surface area is 92.4 Å². The van der Waals surface area contributed by atoms with Crippen LogP contribution in [0.25, 0.3) is 0 Å². The minimum absolute atomic E-state index is 0.429. The van der Waals surface area contributed by atoms with Gasteiger partial charge in [-0.3, -0.25) is 4.98 Å². The SMILES string of the molecule is C=CC(CCc1ccncc1)NCCC. The van der Waals surface area contributed by atoms with Crippen molar-refractivity contribution in [2.75, 3.05) is 6.54 Å². The molecule has 1 atom stereocenters. The van der Waals surface area contributed by atoms with E-state index in [0.717, 1.165) is 19.4 Å². The van der Waals surface area contributed by atoms with Crippen molar-refractivity contribution in [3.05, 3.63) is 42.7 Å². The van der Waals surface area contributed by atoms with Gasteiger partial charge >= 0.3 is 0 Å². The highest BCUT2D eigenvalue weighted by Gasteiger charge is 2.02. The monoisotopic (exact) mass is 204 g/mol. The lowest BCUT2D eigenvalue weighted by atomic mass is 10.1. The van der Waals surface area contributed by atoms with E-state index >= 15 is 0 Å². The lowest BCUT2D eigenvalue weighted by molar-refractivity contribution is 0.554. The van der Waals surface area contributed by atoms with Crippen LogP contribution in [-0.4, -0.2) is 17.6 Å². The van der Waals surface area contributed by atoms with Gasteiger partial charge in [-0.15, -0.1) is 6.58 Å². The van der Waals surface area contributed by atoms with Gasteiger partial charge in [-0.2, -0.15) is 0 Å². The maximum absolute atomic E-state index is 4.01. The Balaban J connectivity index is 2.31. The zero-order chi connectivity index (χ0) is 10.9. The van der Waals surface area contributed by atoms with Gasteiger partial charge in [-0.25, -0.2) is 0 Å². The van der Waals surface area contributed by atoms with E-state index in [1.165, 1.54) is 12.0 Å². The second-order valence-electron chi connectivity index (χ2n) is 3.69. The molecule has 15 heavy (non-hydrogen) atoms. The molecule has 0 bridgehead atoms. The number of nitrogens with zero attached hydrogens (tertiary/aromatic N) is 1. The Hall–Kier alpha value is -1.15. The molecule has 1 heterocycles. The van der Waals surface area contributed by atoms with Gasteiger partial charge in [-0.1, -0.05) is 13.0 Å². The van der Waals surface area contributed by atoms with E-state index in [1.54, 1.807) is 0 Å². The van der Waals surface area contributed by atoms with Gasteiger partial charge in [0.2, 0.25) is 0 Å². The molecule has 0 spiro atoms. The van der Waals surface area contributed by atoms with E-state index in [9.17, 15) is 0 Å². The fourth-order valence-corrected chi connectivity index (χ4v) is 1.50. The quantitative estimate of drug-likeness (QED) is 0.690. The summed E-state index contributed by atoms with van der Waals surface area (Å²) in [6, 6.07) is 4.57. The van der Waals surface area contributed by atoms with E-state index in [4.69, 9.17) is 0 Å². The van der Waals surface area contributed by atoms with Crippen LogP contribution in [0.3, 0.4) is 0 Å². The molecule has 0 radical (unpaired) electrons. The molecular weight excluding hydrogens is 184 g/mol. The van der Waals surface area contributed by atoms with Crippen LogP contribution >= 0.6 is 0 Å². The van der Waals surface area contributed by atoms with Crippen LogP contribution in [0.15, 0.2) is 37.2 Å². The minimum Gasteiger partial charge on any atom is -0.311 e. The summed E-state index contributed by atoms with van der Waals surface area (Å²) in [5.74, 6) is 0. The predicted molar refractivity (Wildman–Crippen MR) is 64.8 cm³/mol. The first-order valence-electron chi connectivity index (χ1n) is 5.61. The highest BCUT2D eigenvalue weighted by Crippen LogP contribution is 2.04. The normalized spacial score (nSPS) is 12.3. The Morgan fingerprint density at radius 2 is 2.20 bits per heavy atom. The number of rotatable bonds is 7. The summed E-state index contributed by atoms with van der Waals surface area (Å²) in [7, 11) is 0. The van der Waals surface area contributed by atoms with Gasteiger partial charge in [0.05, 0.1) is 0 Å². The summed E-state index contributed by atoms with van der Waals surface area (Å²) in [6.45, 7) is 7.09. The largest absolute Gasteiger partial charge is 0.311 e. The number of pyridine rings is 1. The minimum atomic E-state index is 0.429. The van der Waals surface area contributed by atoms with Crippen LogP contribution in [0.4, 0.5) is 0 Å². The molecule has 0 aliphatic rings. The summed E-state index contributed by atoms with van der Waals surface area (Å²) in [4.78, 5) is 4.01. The summed E-state index contributed by atoms with van der Waals surface area (Å²) < 4.78 is 0. The number of hydrogen-bond donors (Lipinski definition) is 1. The van der Waals surface area contributed by atoms with Crippen LogP contribution in [-0.2, 0) is 6.42 Å². The molecule has 1 N–H and O–H groups in total. The molecule has 0 fully saturated rings. The third-order valence-corrected chi connectivity index (χ3v) is 2.43. The van der Waals surface area contributed by atoms with E-state index in [-0.39, 0.29) is 0 Å². The van der Waals surface area contributed by atoms with Crippen molar-refractivity contribution in [3.63, 3.8) is 0 Å². The summed E-state index contributed by atoms with van der Waals surface area (Å²) >= 11 is 0. The first-order chi connectivity index (χ1) is 7.36. The molecule has 0 aliphatic carbocycles. The molecule has 2 nitrogen and oxygen atoms in total. The van der Waals surface area contributed by atoms with Crippen molar-refractivity contribution in [1.82, 2.24) is 10.3 Å². The first-order valence-corrected chi connectivity index (χ1v) is 5.61. The number of aryl methyl sites for hydroxylation is 1. The summed E-state index contributed by atoms with van der Waals surface area (Å²) in [5.41, 5.74) is 1.34. The van der Waals surface area contributed by atoms with E-state index in [2.05, 4.69) is 35.9 Å². The third kappa shape index (κ3) is 4.75. The molecule has 0 aromatic carbocycles. The molecule has 1 unspecified atom stereocenters. The highest BCUT2D eigenvalue weighted by molar-refractivity contribution is 5.10. The maximum atomic E-state index is 4.01. The Morgan fingerprint density at radius 3 is 2.80 bits per heavy atom. The molecule has 0 saturated carbocycles. The fraction of sp³-hybridized carbons (Fsp3) is 0.462. The van der Waals surface area contributed by atoms with Crippen molar-refractivity contribution >= 4 is 0 Å². The van der Waals surface area contributed by atoms with Gasteiger partial charge in [0.25, 0.3) is 0 Å². The van der Waals surface area contributed by atoms with Crippen LogP contribution in [0.2, 0.25) is 0 Å². The van der Waals surface area contributed by atoms with Gasteiger partial charge in [0.15, 0.2) is 0 Å². The summed E-state index contributed by atoms with van der Waals surface area (Å²) in [5, 5.41) is 3.46. The van der Waals surface area contributed by atoms with Crippen LogP contribution in [0.1, 0.15) is 25.3 Å². The Morgan fingerprint density at radius 1 is 1.47 bits per heavy atom. The molecule has 1 aromatic rings. The molecule has 1 rings (SSSR count). The second-order valence-corrected chi connectivity index (χ2v) is 3.69.